The van der Waals surface area contributed by atoms with Gasteiger partial charge in [-0.2, -0.15) is 0 Å². The molecule has 4 N–H and O–H groups in total. The summed E-state index contributed by atoms with van der Waals surface area (Å²) in [6.07, 6.45) is 0.483. The molecule has 1 saturated heterocycles. The van der Waals surface area contributed by atoms with Crippen LogP contribution in [0.15, 0.2) is 59.7 Å². The van der Waals surface area contributed by atoms with Crippen molar-refractivity contribution in [2.75, 3.05) is 5.43 Å². The molecule has 188 valence electrons. The van der Waals surface area contributed by atoms with Crippen molar-refractivity contribution < 1.29 is 29.2 Å². The highest BCUT2D eigenvalue weighted by Gasteiger charge is 2.42. The van der Waals surface area contributed by atoms with E-state index in [0.29, 0.717) is 24.5 Å². The van der Waals surface area contributed by atoms with Gasteiger partial charge in [0, 0.05) is 23.7 Å². The van der Waals surface area contributed by atoms with Gasteiger partial charge in [-0.15, -0.1) is 0 Å². The number of aliphatic imine (C=N–C) groups is 1. The standard InChI is InChI=1S/C26H27FN4O5/c1-15-23(34)24(35)26(36-15)31-13-20(17-5-2-16(3-6-17)4-11-22(32)33)21-12-30(14-28-25(21)31)29-19-9-7-18(27)8-10-19/h2-3,5-10,13-15,23-24,26,29,34-35H,4,11-12H2,1H3,(H,32,33)/t15-,23-,24-,26-/m1/s1. The second kappa shape index (κ2) is 9.73. The molecule has 0 aliphatic carbocycles. The molecule has 1 aromatic heterocycles. The Hall–Kier alpha value is -3.73. The minimum Gasteiger partial charge on any atom is -0.481 e. The van der Waals surface area contributed by atoms with Crippen molar-refractivity contribution in [3.05, 3.63) is 71.7 Å². The lowest BCUT2D eigenvalue weighted by Gasteiger charge is -2.26. The van der Waals surface area contributed by atoms with Crippen molar-refractivity contribution in [3.63, 3.8) is 0 Å². The molecular weight excluding hydrogens is 467 g/mol. The number of nitrogens with zero attached hydrogens (tertiary/aromatic N) is 3. The minimum absolute atomic E-state index is 0.0568. The van der Waals surface area contributed by atoms with Gasteiger partial charge in [0.25, 0.3) is 0 Å². The number of carboxylic acids is 1. The third-order valence-electron chi connectivity index (χ3n) is 6.52. The Morgan fingerprint density at radius 1 is 1.14 bits per heavy atom. The van der Waals surface area contributed by atoms with Crippen molar-refractivity contribution in [2.24, 2.45) is 4.99 Å². The van der Waals surface area contributed by atoms with E-state index in [1.54, 1.807) is 35.0 Å². The molecule has 1 fully saturated rings. The first-order chi connectivity index (χ1) is 17.3. The predicted octanol–water partition coefficient (Wildman–Crippen LogP) is 3.45. The van der Waals surface area contributed by atoms with Crippen molar-refractivity contribution in [2.45, 2.75) is 50.8 Å². The van der Waals surface area contributed by atoms with Gasteiger partial charge in [-0.05, 0) is 48.7 Å². The zero-order chi connectivity index (χ0) is 25.4. The lowest BCUT2D eigenvalue weighted by Crippen LogP contribution is -2.31. The van der Waals surface area contributed by atoms with E-state index in [9.17, 15) is 19.4 Å². The summed E-state index contributed by atoms with van der Waals surface area (Å²) in [5.41, 5.74) is 7.44. The minimum atomic E-state index is -1.12. The summed E-state index contributed by atoms with van der Waals surface area (Å²) >= 11 is 0. The van der Waals surface area contributed by atoms with Crippen LogP contribution in [0.1, 0.15) is 30.7 Å². The average Bonchev–Trinajstić information content (AvgIpc) is 3.36. The van der Waals surface area contributed by atoms with E-state index in [0.717, 1.165) is 22.3 Å². The van der Waals surface area contributed by atoms with Crippen LogP contribution in [-0.4, -0.2) is 55.5 Å². The normalized spacial score (nSPS) is 23.1. The zero-order valence-electron chi connectivity index (χ0n) is 19.6. The maximum Gasteiger partial charge on any atom is 0.303 e. The predicted molar refractivity (Wildman–Crippen MR) is 131 cm³/mol. The van der Waals surface area contributed by atoms with Crippen LogP contribution in [0, 0.1) is 5.82 Å². The van der Waals surface area contributed by atoms with E-state index in [4.69, 9.17) is 9.84 Å². The van der Waals surface area contributed by atoms with Crippen molar-refractivity contribution in [1.82, 2.24) is 9.58 Å². The van der Waals surface area contributed by atoms with E-state index in [1.165, 1.54) is 12.1 Å². The van der Waals surface area contributed by atoms with Crippen LogP contribution in [0.2, 0.25) is 0 Å². The molecule has 36 heavy (non-hydrogen) atoms. The number of nitrogens with one attached hydrogen (secondary N) is 1. The number of hydrogen-bond acceptors (Lipinski definition) is 7. The largest absolute Gasteiger partial charge is 0.481 e. The van der Waals surface area contributed by atoms with Gasteiger partial charge in [0.15, 0.2) is 6.23 Å². The van der Waals surface area contributed by atoms with Gasteiger partial charge in [0.05, 0.1) is 18.3 Å². The highest BCUT2D eigenvalue weighted by Crippen LogP contribution is 2.41. The molecule has 9 nitrogen and oxygen atoms in total. The van der Waals surface area contributed by atoms with Crippen molar-refractivity contribution >= 4 is 23.8 Å². The number of rotatable bonds is 7. The number of benzene rings is 2. The summed E-state index contributed by atoms with van der Waals surface area (Å²) in [6, 6.07) is 13.7. The molecular formula is C26H27FN4O5. The highest BCUT2D eigenvalue weighted by molar-refractivity contribution is 5.78. The molecule has 10 heteroatoms. The highest BCUT2D eigenvalue weighted by atomic mass is 19.1. The lowest BCUT2D eigenvalue weighted by atomic mass is 10.0. The molecule has 5 rings (SSSR count). The van der Waals surface area contributed by atoms with Gasteiger partial charge in [-0.3, -0.25) is 15.2 Å². The Labute approximate surface area is 207 Å². The molecule has 0 bridgehead atoms. The summed E-state index contributed by atoms with van der Waals surface area (Å²) in [4.78, 5) is 15.5. The van der Waals surface area contributed by atoms with E-state index < -0.39 is 30.5 Å². The van der Waals surface area contributed by atoms with Gasteiger partial charge >= 0.3 is 5.97 Å². The number of aromatic nitrogens is 1. The average molecular weight is 495 g/mol. The maximum absolute atomic E-state index is 13.3. The summed E-state index contributed by atoms with van der Waals surface area (Å²) in [5, 5.41) is 31.6. The van der Waals surface area contributed by atoms with Crippen LogP contribution in [0.25, 0.3) is 11.1 Å². The first-order valence-corrected chi connectivity index (χ1v) is 11.7. The number of halogens is 1. The van der Waals surface area contributed by atoms with Crippen LogP contribution in [-0.2, 0) is 22.5 Å². The number of aliphatic hydroxyl groups excluding tert-OH is 2. The Bertz CT molecular complexity index is 1270. The van der Waals surface area contributed by atoms with Crippen LogP contribution in [0.3, 0.4) is 0 Å². The first kappa shape index (κ1) is 24.0. The van der Waals surface area contributed by atoms with Crippen LogP contribution < -0.4 is 5.43 Å². The van der Waals surface area contributed by atoms with Crippen LogP contribution >= 0.6 is 0 Å². The molecule has 4 atom stereocenters. The molecule has 0 radical (unpaired) electrons. The molecule has 3 aromatic rings. The fourth-order valence-corrected chi connectivity index (χ4v) is 4.55. The summed E-state index contributed by atoms with van der Waals surface area (Å²) in [5.74, 6) is -0.571. The molecule has 3 heterocycles. The zero-order valence-corrected chi connectivity index (χ0v) is 19.6. The third-order valence-corrected chi connectivity index (χ3v) is 6.52. The summed E-state index contributed by atoms with van der Waals surface area (Å²) in [6.45, 7) is 2.12. The number of hydrazine groups is 1. The van der Waals surface area contributed by atoms with Gasteiger partial charge in [-0.25, -0.2) is 9.38 Å². The van der Waals surface area contributed by atoms with Crippen LogP contribution in [0.5, 0.6) is 0 Å². The Kier molecular flexibility index (Phi) is 6.48. The Morgan fingerprint density at radius 3 is 2.50 bits per heavy atom. The van der Waals surface area contributed by atoms with Gasteiger partial charge in [-0.1, -0.05) is 24.3 Å². The fourth-order valence-electron chi connectivity index (χ4n) is 4.55. The number of ether oxygens (including phenoxy) is 1. The van der Waals surface area contributed by atoms with Crippen molar-refractivity contribution in [1.29, 1.82) is 0 Å². The quantitative estimate of drug-likeness (QED) is 0.397. The van der Waals surface area contributed by atoms with Gasteiger partial charge in [0.1, 0.15) is 30.2 Å². The van der Waals surface area contributed by atoms with Crippen molar-refractivity contribution in [3.8, 4) is 11.1 Å². The number of anilines is 1. The number of aliphatic hydroxyl groups is 2. The third kappa shape index (κ3) is 4.70. The number of hydrogen-bond donors (Lipinski definition) is 4. The smallest absolute Gasteiger partial charge is 0.303 e. The number of carbonyl (C=O) groups is 1. The number of carboxylic acid groups (broad SMARTS) is 1. The Balaban J connectivity index is 1.48. The molecule has 2 aliphatic rings. The monoisotopic (exact) mass is 494 g/mol. The van der Waals surface area contributed by atoms with E-state index >= 15 is 0 Å². The first-order valence-electron chi connectivity index (χ1n) is 11.7. The number of fused-ring (bicyclic) bond motifs is 1. The van der Waals surface area contributed by atoms with Crippen LogP contribution in [0.4, 0.5) is 15.9 Å². The van der Waals surface area contributed by atoms with E-state index in [2.05, 4.69) is 10.4 Å². The molecule has 2 aromatic carbocycles. The second-order valence-electron chi connectivity index (χ2n) is 9.05. The van der Waals surface area contributed by atoms with E-state index in [1.807, 2.05) is 30.5 Å². The SMILES string of the molecule is C[C@H]1O[C@@H](n2cc(-c3ccc(CCC(=O)O)cc3)c3c2N=CN(Nc2ccc(F)cc2)C3)[C@H](O)[C@@H]1O. The topological polar surface area (TPSA) is 120 Å². The molecule has 0 saturated carbocycles. The molecule has 0 spiro atoms. The summed E-state index contributed by atoms with van der Waals surface area (Å²) < 4.78 is 20.9. The van der Waals surface area contributed by atoms with E-state index in [-0.39, 0.29) is 12.2 Å². The Morgan fingerprint density at radius 2 is 1.86 bits per heavy atom. The second-order valence-corrected chi connectivity index (χ2v) is 9.05. The number of aryl methyl sites for hydroxylation is 1. The van der Waals surface area contributed by atoms with Gasteiger partial charge in [0.2, 0.25) is 0 Å². The number of aliphatic carboxylic acids is 1. The molecule has 0 unspecified atom stereocenters. The maximum atomic E-state index is 13.3. The molecule has 0 amide bonds. The van der Waals surface area contributed by atoms with Gasteiger partial charge < -0.3 is 24.6 Å². The molecule has 2 aliphatic heterocycles. The fraction of sp³-hybridized carbons (Fsp3) is 0.308. The lowest BCUT2D eigenvalue weighted by molar-refractivity contribution is -0.136. The summed E-state index contributed by atoms with van der Waals surface area (Å²) in [7, 11) is 0.